The summed E-state index contributed by atoms with van der Waals surface area (Å²) in [6, 6.07) is 9.11. The van der Waals surface area contributed by atoms with Crippen molar-refractivity contribution in [2.24, 2.45) is 5.73 Å². The van der Waals surface area contributed by atoms with Gasteiger partial charge in [-0.1, -0.05) is 41.6 Å². The molecule has 0 bridgehead atoms. The van der Waals surface area contributed by atoms with Crippen molar-refractivity contribution in [1.29, 1.82) is 0 Å². The highest BCUT2D eigenvalue weighted by molar-refractivity contribution is 7.99. The minimum atomic E-state index is 0.303. The van der Waals surface area contributed by atoms with Crippen molar-refractivity contribution in [3.05, 3.63) is 47.2 Å². The summed E-state index contributed by atoms with van der Waals surface area (Å²) in [7, 11) is 0. The van der Waals surface area contributed by atoms with E-state index < -0.39 is 0 Å². The van der Waals surface area contributed by atoms with E-state index in [0.29, 0.717) is 15.7 Å². The van der Waals surface area contributed by atoms with Gasteiger partial charge in [0.05, 0.1) is 0 Å². The van der Waals surface area contributed by atoms with Crippen LogP contribution in [-0.2, 0) is 0 Å². The van der Waals surface area contributed by atoms with Crippen LogP contribution in [0.25, 0.3) is 0 Å². The van der Waals surface area contributed by atoms with Gasteiger partial charge < -0.3 is 5.73 Å². The molecule has 86 valence electrons. The first kappa shape index (κ1) is 12.3. The van der Waals surface area contributed by atoms with E-state index in [2.05, 4.69) is 9.97 Å². The predicted octanol–water partition coefficient (Wildman–Crippen LogP) is 2.92. The fourth-order valence-corrected chi connectivity index (χ4v) is 2.36. The summed E-state index contributed by atoms with van der Waals surface area (Å²) in [6.07, 6.45) is 1.72. The van der Waals surface area contributed by atoms with Crippen molar-refractivity contribution in [2.75, 3.05) is 0 Å². The summed E-state index contributed by atoms with van der Waals surface area (Å²) in [5.41, 5.74) is 6.27. The van der Waals surface area contributed by atoms with Crippen LogP contribution in [0.4, 0.5) is 0 Å². The minimum Gasteiger partial charge on any atom is -0.389 e. The second kappa shape index (κ2) is 5.44. The summed E-state index contributed by atoms with van der Waals surface area (Å²) in [4.78, 5) is 8.68. The lowest BCUT2D eigenvalue weighted by molar-refractivity contribution is 1.09. The summed E-state index contributed by atoms with van der Waals surface area (Å²) in [5.74, 6) is 0. The van der Waals surface area contributed by atoms with Crippen molar-refractivity contribution in [3.8, 4) is 0 Å². The molecular formula is C11H8ClN3S2. The van der Waals surface area contributed by atoms with E-state index in [1.807, 2.05) is 18.2 Å². The van der Waals surface area contributed by atoms with E-state index in [4.69, 9.17) is 29.6 Å². The predicted molar refractivity (Wildman–Crippen MR) is 73.5 cm³/mol. The first-order valence-corrected chi connectivity index (χ1v) is 6.32. The largest absolute Gasteiger partial charge is 0.389 e. The summed E-state index contributed by atoms with van der Waals surface area (Å²) >= 11 is 12.2. The van der Waals surface area contributed by atoms with E-state index in [0.717, 1.165) is 10.1 Å². The molecule has 0 atom stereocenters. The Morgan fingerprint density at radius 3 is 2.76 bits per heavy atom. The number of thiocarbonyl (C=S) groups is 1. The molecule has 0 radical (unpaired) electrons. The van der Waals surface area contributed by atoms with Crippen LogP contribution < -0.4 is 5.73 Å². The Bertz CT molecular complexity index is 546. The molecular weight excluding hydrogens is 274 g/mol. The summed E-state index contributed by atoms with van der Waals surface area (Å²) in [6.45, 7) is 0. The Balaban J connectivity index is 2.30. The fraction of sp³-hybridized carbons (Fsp3) is 0. The Morgan fingerprint density at radius 2 is 2.12 bits per heavy atom. The maximum Gasteiger partial charge on any atom is 0.131 e. The maximum absolute atomic E-state index is 5.90. The van der Waals surface area contributed by atoms with Crippen molar-refractivity contribution in [1.82, 2.24) is 9.97 Å². The standard InChI is InChI=1S/C11H8ClN3S2/c12-8-5-7(11(13)16)6-10(15-8)17-9-3-1-2-4-14-9/h1-6H,(H2,13,16). The zero-order valence-corrected chi connectivity index (χ0v) is 11.0. The van der Waals surface area contributed by atoms with E-state index in [1.54, 1.807) is 18.3 Å². The molecule has 2 aromatic heterocycles. The number of hydrogen-bond acceptors (Lipinski definition) is 4. The Kier molecular flexibility index (Phi) is 3.93. The SMILES string of the molecule is NC(=S)c1cc(Cl)nc(Sc2ccccn2)c1. The molecule has 2 aromatic rings. The monoisotopic (exact) mass is 281 g/mol. The van der Waals surface area contributed by atoms with Gasteiger partial charge in [0.15, 0.2) is 0 Å². The first-order valence-electron chi connectivity index (χ1n) is 4.71. The van der Waals surface area contributed by atoms with Crippen LogP contribution in [0, 0.1) is 0 Å². The van der Waals surface area contributed by atoms with Crippen LogP contribution in [0.3, 0.4) is 0 Å². The van der Waals surface area contributed by atoms with Gasteiger partial charge in [-0.2, -0.15) is 0 Å². The molecule has 0 aliphatic rings. The fourth-order valence-electron chi connectivity index (χ4n) is 1.18. The van der Waals surface area contributed by atoms with Crippen molar-refractivity contribution < 1.29 is 0 Å². The summed E-state index contributed by atoms with van der Waals surface area (Å²) < 4.78 is 0. The van der Waals surface area contributed by atoms with Gasteiger partial charge >= 0.3 is 0 Å². The number of nitrogens with two attached hydrogens (primary N) is 1. The van der Waals surface area contributed by atoms with E-state index in [9.17, 15) is 0 Å². The molecule has 0 unspecified atom stereocenters. The molecule has 0 amide bonds. The third-order valence-electron chi connectivity index (χ3n) is 1.90. The highest BCUT2D eigenvalue weighted by Gasteiger charge is 2.05. The average molecular weight is 282 g/mol. The highest BCUT2D eigenvalue weighted by atomic mass is 35.5. The lowest BCUT2D eigenvalue weighted by Gasteiger charge is -2.03. The molecule has 2 heterocycles. The number of nitrogens with zero attached hydrogens (tertiary/aromatic N) is 2. The van der Waals surface area contributed by atoms with Gasteiger partial charge in [-0.3, -0.25) is 0 Å². The third kappa shape index (κ3) is 3.39. The maximum atomic E-state index is 5.90. The van der Waals surface area contributed by atoms with Gasteiger partial charge in [0.2, 0.25) is 0 Å². The van der Waals surface area contributed by atoms with E-state index >= 15 is 0 Å². The molecule has 0 saturated heterocycles. The second-order valence-corrected chi connectivity index (χ2v) is 5.02. The lowest BCUT2D eigenvalue weighted by Crippen LogP contribution is -2.09. The molecule has 2 N–H and O–H groups in total. The smallest absolute Gasteiger partial charge is 0.131 e. The lowest BCUT2D eigenvalue weighted by atomic mass is 10.3. The van der Waals surface area contributed by atoms with Gasteiger partial charge in [0.1, 0.15) is 20.2 Å². The topological polar surface area (TPSA) is 51.8 Å². The van der Waals surface area contributed by atoms with Crippen LogP contribution in [0.2, 0.25) is 5.15 Å². The van der Waals surface area contributed by atoms with Crippen LogP contribution in [-0.4, -0.2) is 15.0 Å². The van der Waals surface area contributed by atoms with Crippen molar-refractivity contribution in [2.45, 2.75) is 10.1 Å². The van der Waals surface area contributed by atoms with Gasteiger partial charge in [-0.15, -0.1) is 0 Å². The molecule has 2 rings (SSSR count). The molecule has 0 aromatic carbocycles. The van der Waals surface area contributed by atoms with Gasteiger partial charge in [0, 0.05) is 11.8 Å². The second-order valence-electron chi connectivity index (χ2n) is 3.15. The van der Waals surface area contributed by atoms with Crippen molar-refractivity contribution in [3.63, 3.8) is 0 Å². The average Bonchev–Trinajstić information content (AvgIpc) is 2.29. The highest BCUT2D eigenvalue weighted by Crippen LogP contribution is 2.26. The number of pyridine rings is 2. The van der Waals surface area contributed by atoms with Crippen LogP contribution in [0.1, 0.15) is 5.56 Å². The molecule has 0 aliphatic heterocycles. The summed E-state index contributed by atoms with van der Waals surface area (Å²) in [5, 5.41) is 1.93. The third-order valence-corrected chi connectivity index (χ3v) is 3.20. The normalized spacial score (nSPS) is 10.2. The Morgan fingerprint density at radius 1 is 1.29 bits per heavy atom. The first-order chi connectivity index (χ1) is 8.15. The van der Waals surface area contributed by atoms with Crippen LogP contribution in [0.5, 0.6) is 0 Å². The molecule has 3 nitrogen and oxygen atoms in total. The van der Waals surface area contributed by atoms with Gasteiger partial charge in [-0.05, 0) is 24.3 Å². The zero-order chi connectivity index (χ0) is 12.3. The Hall–Kier alpha value is -1.17. The van der Waals surface area contributed by atoms with Crippen molar-refractivity contribution >= 4 is 40.6 Å². The van der Waals surface area contributed by atoms with Crippen LogP contribution in [0.15, 0.2) is 46.6 Å². The zero-order valence-electron chi connectivity index (χ0n) is 8.63. The molecule has 17 heavy (non-hydrogen) atoms. The van der Waals surface area contributed by atoms with E-state index in [-0.39, 0.29) is 0 Å². The number of halogens is 1. The van der Waals surface area contributed by atoms with Crippen LogP contribution >= 0.6 is 35.6 Å². The Labute approximate surface area is 113 Å². The van der Waals surface area contributed by atoms with Gasteiger partial charge in [0.25, 0.3) is 0 Å². The number of hydrogen-bond donors (Lipinski definition) is 1. The quantitative estimate of drug-likeness (QED) is 0.692. The van der Waals surface area contributed by atoms with E-state index in [1.165, 1.54) is 11.8 Å². The van der Waals surface area contributed by atoms with Gasteiger partial charge in [-0.25, -0.2) is 9.97 Å². The minimum absolute atomic E-state index is 0.303. The number of aromatic nitrogens is 2. The molecule has 6 heteroatoms. The molecule has 0 fully saturated rings. The molecule has 0 spiro atoms. The number of rotatable bonds is 3. The molecule has 0 aliphatic carbocycles. The molecule has 0 saturated carbocycles.